The number of benzene rings is 2. The van der Waals surface area contributed by atoms with Gasteiger partial charge in [-0.25, -0.2) is 0 Å². The maximum atomic E-state index is 12.2. The fourth-order valence-electron chi connectivity index (χ4n) is 3.68. The maximum Gasteiger partial charge on any atom is 0.221 e. The van der Waals surface area contributed by atoms with Gasteiger partial charge in [-0.15, -0.1) is 0 Å². The highest BCUT2D eigenvalue weighted by molar-refractivity contribution is 5.76. The van der Waals surface area contributed by atoms with Gasteiger partial charge in [-0.05, 0) is 37.1 Å². The van der Waals surface area contributed by atoms with Crippen molar-refractivity contribution in [2.24, 2.45) is 0 Å². The van der Waals surface area contributed by atoms with Crippen molar-refractivity contribution in [1.29, 1.82) is 0 Å². The van der Waals surface area contributed by atoms with Crippen LogP contribution in [0.5, 0.6) is 5.75 Å². The summed E-state index contributed by atoms with van der Waals surface area (Å²) >= 11 is 0. The molecule has 28 heavy (non-hydrogen) atoms. The van der Waals surface area contributed by atoms with E-state index in [2.05, 4.69) is 47.2 Å². The van der Waals surface area contributed by atoms with Gasteiger partial charge in [-0.3, -0.25) is 9.69 Å². The van der Waals surface area contributed by atoms with E-state index in [1.54, 1.807) is 7.11 Å². The lowest BCUT2D eigenvalue weighted by Crippen LogP contribution is -2.47. The second-order valence-electron chi connectivity index (χ2n) is 7.39. The molecule has 0 spiro atoms. The zero-order valence-corrected chi connectivity index (χ0v) is 17.2. The van der Waals surface area contributed by atoms with Crippen LogP contribution in [0, 0.1) is 13.8 Å². The van der Waals surface area contributed by atoms with Crippen molar-refractivity contribution in [3.05, 3.63) is 59.2 Å². The quantitative estimate of drug-likeness (QED) is 0.800. The first-order chi connectivity index (χ1) is 13.6. The first kappa shape index (κ1) is 20.2. The summed E-state index contributed by atoms with van der Waals surface area (Å²) in [5.41, 5.74) is 5.05. The molecule has 1 aliphatic rings. The largest absolute Gasteiger partial charge is 0.496 e. The Kier molecular flexibility index (Phi) is 6.93. The zero-order chi connectivity index (χ0) is 19.9. The van der Waals surface area contributed by atoms with Crippen molar-refractivity contribution < 1.29 is 9.53 Å². The van der Waals surface area contributed by atoms with Crippen LogP contribution in [0.2, 0.25) is 0 Å². The summed E-state index contributed by atoms with van der Waals surface area (Å²) < 4.78 is 5.33. The average molecular weight is 382 g/mol. The molecule has 1 N–H and O–H groups in total. The highest BCUT2D eigenvalue weighted by atomic mass is 16.5. The molecule has 3 rings (SSSR count). The standard InChI is InChI=1S/C23H31N3O2/c1-18-7-6-9-21(19(18)2)26-15-13-25(14-16-26)12-11-23(27)24-17-20-8-4-5-10-22(20)28-3/h4-10H,11-17H2,1-3H3,(H,24,27). The molecule has 1 amide bonds. The number of nitrogens with one attached hydrogen (secondary N) is 1. The third kappa shape index (κ3) is 5.04. The molecule has 5 heteroatoms. The minimum Gasteiger partial charge on any atom is -0.496 e. The number of para-hydroxylation sites is 1. The fraction of sp³-hybridized carbons (Fsp3) is 0.435. The van der Waals surface area contributed by atoms with Gasteiger partial charge in [0.25, 0.3) is 0 Å². The Balaban J connectivity index is 1.41. The van der Waals surface area contributed by atoms with E-state index in [1.807, 2.05) is 24.3 Å². The van der Waals surface area contributed by atoms with E-state index >= 15 is 0 Å². The topological polar surface area (TPSA) is 44.8 Å². The van der Waals surface area contributed by atoms with Crippen molar-refractivity contribution >= 4 is 11.6 Å². The SMILES string of the molecule is COc1ccccc1CNC(=O)CCN1CCN(c2cccc(C)c2C)CC1. The van der Waals surface area contributed by atoms with Crippen LogP contribution in [0.15, 0.2) is 42.5 Å². The number of carbonyl (C=O) groups excluding carboxylic acids is 1. The van der Waals surface area contributed by atoms with Crippen LogP contribution in [0.25, 0.3) is 0 Å². The smallest absolute Gasteiger partial charge is 0.221 e. The highest BCUT2D eigenvalue weighted by Gasteiger charge is 2.19. The van der Waals surface area contributed by atoms with Crippen LogP contribution in [0.4, 0.5) is 5.69 Å². The number of carbonyl (C=O) groups is 1. The molecule has 0 radical (unpaired) electrons. The van der Waals surface area contributed by atoms with Gasteiger partial charge in [0, 0.05) is 56.9 Å². The molecular weight excluding hydrogens is 350 g/mol. The monoisotopic (exact) mass is 381 g/mol. The Morgan fingerprint density at radius 3 is 2.54 bits per heavy atom. The maximum absolute atomic E-state index is 12.2. The van der Waals surface area contributed by atoms with Gasteiger partial charge >= 0.3 is 0 Å². The Hall–Kier alpha value is -2.53. The van der Waals surface area contributed by atoms with Crippen LogP contribution in [0.1, 0.15) is 23.1 Å². The number of aryl methyl sites for hydroxylation is 1. The minimum absolute atomic E-state index is 0.0860. The van der Waals surface area contributed by atoms with Gasteiger partial charge in [-0.1, -0.05) is 30.3 Å². The Labute approximate surface area is 168 Å². The van der Waals surface area contributed by atoms with Crippen LogP contribution >= 0.6 is 0 Å². The van der Waals surface area contributed by atoms with E-state index < -0.39 is 0 Å². The number of anilines is 1. The van der Waals surface area contributed by atoms with Gasteiger partial charge in [0.05, 0.1) is 7.11 Å². The van der Waals surface area contributed by atoms with Gasteiger partial charge < -0.3 is 15.0 Å². The lowest BCUT2D eigenvalue weighted by molar-refractivity contribution is -0.121. The molecule has 2 aromatic carbocycles. The number of hydrogen-bond donors (Lipinski definition) is 1. The van der Waals surface area contributed by atoms with Crippen molar-refractivity contribution in [1.82, 2.24) is 10.2 Å². The minimum atomic E-state index is 0.0860. The number of ether oxygens (including phenoxy) is 1. The predicted octanol–water partition coefficient (Wildman–Crippen LogP) is 3.14. The summed E-state index contributed by atoms with van der Waals surface area (Å²) in [4.78, 5) is 17.1. The molecule has 0 atom stereocenters. The van der Waals surface area contributed by atoms with E-state index in [0.29, 0.717) is 13.0 Å². The zero-order valence-electron chi connectivity index (χ0n) is 17.2. The number of amides is 1. The van der Waals surface area contributed by atoms with E-state index in [-0.39, 0.29) is 5.91 Å². The van der Waals surface area contributed by atoms with E-state index in [0.717, 1.165) is 44.0 Å². The van der Waals surface area contributed by atoms with Crippen molar-refractivity contribution in [2.75, 3.05) is 44.7 Å². The Bertz CT molecular complexity index is 798. The third-order valence-corrected chi connectivity index (χ3v) is 5.61. The molecule has 2 aromatic rings. The molecule has 0 saturated carbocycles. The van der Waals surface area contributed by atoms with Crippen molar-refractivity contribution in [2.45, 2.75) is 26.8 Å². The number of nitrogens with zero attached hydrogens (tertiary/aromatic N) is 2. The first-order valence-electron chi connectivity index (χ1n) is 10.0. The summed E-state index contributed by atoms with van der Waals surface area (Å²) in [6.07, 6.45) is 0.526. The molecule has 0 aromatic heterocycles. The lowest BCUT2D eigenvalue weighted by Gasteiger charge is -2.37. The summed E-state index contributed by atoms with van der Waals surface area (Å²) in [7, 11) is 1.65. The second kappa shape index (κ2) is 9.60. The predicted molar refractivity (Wildman–Crippen MR) is 114 cm³/mol. The van der Waals surface area contributed by atoms with E-state index in [1.165, 1.54) is 16.8 Å². The number of piperazine rings is 1. The number of hydrogen-bond acceptors (Lipinski definition) is 4. The van der Waals surface area contributed by atoms with E-state index in [4.69, 9.17) is 4.74 Å². The summed E-state index contributed by atoms with van der Waals surface area (Å²) in [5, 5.41) is 3.01. The summed E-state index contributed by atoms with van der Waals surface area (Å²) in [6, 6.07) is 14.3. The molecule has 5 nitrogen and oxygen atoms in total. The van der Waals surface area contributed by atoms with Crippen LogP contribution < -0.4 is 15.0 Å². The highest BCUT2D eigenvalue weighted by Crippen LogP contribution is 2.23. The molecule has 1 fully saturated rings. The molecular formula is C23H31N3O2. The van der Waals surface area contributed by atoms with Gasteiger partial charge in [0.1, 0.15) is 5.75 Å². The molecule has 1 heterocycles. The fourth-order valence-corrected chi connectivity index (χ4v) is 3.68. The lowest BCUT2D eigenvalue weighted by atomic mass is 10.1. The molecule has 0 bridgehead atoms. The van der Waals surface area contributed by atoms with Crippen LogP contribution in [0.3, 0.4) is 0 Å². The molecule has 1 saturated heterocycles. The average Bonchev–Trinajstić information content (AvgIpc) is 2.73. The summed E-state index contributed by atoms with van der Waals surface area (Å²) in [5.74, 6) is 0.897. The molecule has 0 aliphatic carbocycles. The Morgan fingerprint density at radius 1 is 1.04 bits per heavy atom. The van der Waals surface area contributed by atoms with Crippen molar-refractivity contribution in [3.8, 4) is 5.75 Å². The van der Waals surface area contributed by atoms with Gasteiger partial charge in [-0.2, -0.15) is 0 Å². The number of methoxy groups -OCH3 is 1. The van der Waals surface area contributed by atoms with Crippen LogP contribution in [-0.2, 0) is 11.3 Å². The molecule has 1 aliphatic heterocycles. The number of rotatable bonds is 7. The normalized spacial score (nSPS) is 14.8. The third-order valence-electron chi connectivity index (χ3n) is 5.61. The van der Waals surface area contributed by atoms with Crippen molar-refractivity contribution in [3.63, 3.8) is 0 Å². The van der Waals surface area contributed by atoms with Gasteiger partial charge in [0.15, 0.2) is 0 Å². The first-order valence-corrected chi connectivity index (χ1v) is 10.0. The van der Waals surface area contributed by atoms with Gasteiger partial charge in [0.2, 0.25) is 5.91 Å². The van der Waals surface area contributed by atoms with E-state index in [9.17, 15) is 4.79 Å². The van der Waals surface area contributed by atoms with Crippen LogP contribution in [-0.4, -0.2) is 50.6 Å². The summed E-state index contributed by atoms with van der Waals surface area (Å²) in [6.45, 7) is 9.67. The second-order valence-corrected chi connectivity index (χ2v) is 7.39. The Morgan fingerprint density at radius 2 is 1.79 bits per heavy atom. The molecule has 150 valence electrons. The molecule has 0 unspecified atom stereocenters.